The first-order valence-electron chi connectivity index (χ1n) is 5.91. The zero-order valence-corrected chi connectivity index (χ0v) is 10.7. The van der Waals surface area contributed by atoms with Crippen molar-refractivity contribution >= 4 is 11.5 Å². The molecular weight excluding hydrogens is 198 g/mol. The molecule has 0 aromatic heterocycles. The number of hydrogen-bond donors (Lipinski definition) is 0. The molecule has 1 aromatic rings. The van der Waals surface area contributed by atoms with Crippen LogP contribution in [0.3, 0.4) is 0 Å². The first kappa shape index (κ1) is 12.8. The van der Waals surface area contributed by atoms with E-state index in [1.807, 2.05) is 24.3 Å². The quantitative estimate of drug-likeness (QED) is 0.708. The van der Waals surface area contributed by atoms with E-state index in [4.69, 9.17) is 0 Å². The second-order valence-corrected chi connectivity index (χ2v) is 4.51. The molecule has 0 heterocycles. The number of carbonyl (C=O) groups excluding carboxylic acids is 1. The van der Waals surface area contributed by atoms with Gasteiger partial charge in [-0.2, -0.15) is 0 Å². The molecule has 0 aliphatic rings. The highest BCUT2D eigenvalue weighted by atomic mass is 16.1. The Morgan fingerprint density at radius 1 is 1.31 bits per heavy atom. The summed E-state index contributed by atoms with van der Waals surface area (Å²) >= 11 is 0. The van der Waals surface area contributed by atoms with Crippen molar-refractivity contribution in [3.05, 3.63) is 29.8 Å². The first-order chi connectivity index (χ1) is 7.56. The third-order valence-electron chi connectivity index (χ3n) is 2.59. The molecule has 2 heteroatoms. The molecule has 0 saturated carbocycles. The molecule has 0 radical (unpaired) electrons. The van der Waals surface area contributed by atoms with Crippen LogP contribution in [0.5, 0.6) is 0 Å². The molecule has 0 atom stereocenters. The summed E-state index contributed by atoms with van der Waals surface area (Å²) < 4.78 is 0. The van der Waals surface area contributed by atoms with Crippen molar-refractivity contribution in [3.63, 3.8) is 0 Å². The largest absolute Gasteiger partial charge is 0.371 e. The second kappa shape index (κ2) is 5.69. The summed E-state index contributed by atoms with van der Waals surface area (Å²) in [7, 11) is 0. The zero-order valence-electron chi connectivity index (χ0n) is 10.7. The maximum Gasteiger partial charge on any atom is 0.161 e. The van der Waals surface area contributed by atoms with Crippen LogP contribution in [0.4, 0.5) is 5.69 Å². The number of Topliss-reactive ketones (excluding diaryl/α,β-unsaturated/α-hetero) is 1. The monoisotopic (exact) mass is 219 g/mol. The van der Waals surface area contributed by atoms with Gasteiger partial charge in [0.25, 0.3) is 0 Å². The minimum Gasteiger partial charge on any atom is -0.371 e. The van der Waals surface area contributed by atoms with E-state index in [9.17, 15) is 4.79 Å². The minimum atomic E-state index is 0.137. The van der Waals surface area contributed by atoms with E-state index < -0.39 is 0 Å². The molecule has 1 aromatic carbocycles. The third-order valence-corrected chi connectivity index (χ3v) is 2.59. The molecule has 16 heavy (non-hydrogen) atoms. The molecule has 0 aliphatic heterocycles. The van der Waals surface area contributed by atoms with E-state index in [0.717, 1.165) is 24.3 Å². The lowest BCUT2D eigenvalue weighted by molar-refractivity contribution is 0.101. The number of nitrogens with zero attached hydrogens (tertiary/aromatic N) is 1. The smallest absolute Gasteiger partial charge is 0.161 e. The maximum absolute atomic E-state index is 11.5. The van der Waals surface area contributed by atoms with Gasteiger partial charge < -0.3 is 4.90 Å². The highest BCUT2D eigenvalue weighted by Gasteiger charge is 2.12. The fourth-order valence-electron chi connectivity index (χ4n) is 1.89. The molecule has 0 aliphatic carbocycles. The SMILES string of the molecule is CCN(CC(C)C)c1ccccc1C(C)=O. The lowest BCUT2D eigenvalue weighted by Crippen LogP contribution is -2.28. The Kier molecular flexibility index (Phi) is 4.53. The third kappa shape index (κ3) is 3.09. The van der Waals surface area contributed by atoms with Crippen LogP contribution in [-0.2, 0) is 0 Å². The average molecular weight is 219 g/mol. The average Bonchev–Trinajstić information content (AvgIpc) is 2.25. The van der Waals surface area contributed by atoms with E-state index in [2.05, 4.69) is 25.7 Å². The number of para-hydroxylation sites is 1. The van der Waals surface area contributed by atoms with Gasteiger partial charge in [-0.25, -0.2) is 0 Å². The van der Waals surface area contributed by atoms with Crippen LogP contribution >= 0.6 is 0 Å². The van der Waals surface area contributed by atoms with Crippen LogP contribution in [0.1, 0.15) is 38.1 Å². The summed E-state index contributed by atoms with van der Waals surface area (Å²) in [6.07, 6.45) is 0. The van der Waals surface area contributed by atoms with Crippen molar-refractivity contribution in [3.8, 4) is 0 Å². The summed E-state index contributed by atoms with van der Waals surface area (Å²) in [5.41, 5.74) is 1.89. The van der Waals surface area contributed by atoms with Gasteiger partial charge in [0.1, 0.15) is 0 Å². The molecule has 88 valence electrons. The van der Waals surface area contributed by atoms with Crippen molar-refractivity contribution in [1.29, 1.82) is 0 Å². The van der Waals surface area contributed by atoms with Crippen LogP contribution in [0, 0.1) is 5.92 Å². The summed E-state index contributed by atoms with van der Waals surface area (Å²) in [5, 5.41) is 0. The van der Waals surface area contributed by atoms with Crippen LogP contribution in [0.2, 0.25) is 0 Å². The van der Waals surface area contributed by atoms with E-state index in [1.54, 1.807) is 6.92 Å². The van der Waals surface area contributed by atoms with Gasteiger partial charge in [0.05, 0.1) is 0 Å². The van der Waals surface area contributed by atoms with Gasteiger partial charge in [-0.1, -0.05) is 26.0 Å². The van der Waals surface area contributed by atoms with Crippen molar-refractivity contribution in [2.24, 2.45) is 5.92 Å². The number of ketones is 1. The second-order valence-electron chi connectivity index (χ2n) is 4.51. The van der Waals surface area contributed by atoms with Crippen molar-refractivity contribution < 1.29 is 4.79 Å². The lowest BCUT2D eigenvalue weighted by atomic mass is 10.1. The number of benzene rings is 1. The Morgan fingerprint density at radius 3 is 2.44 bits per heavy atom. The fraction of sp³-hybridized carbons (Fsp3) is 0.500. The molecule has 0 bridgehead atoms. The summed E-state index contributed by atoms with van der Waals surface area (Å²) in [6, 6.07) is 7.84. The molecule has 0 amide bonds. The normalized spacial score (nSPS) is 10.6. The van der Waals surface area contributed by atoms with Crippen molar-refractivity contribution in [2.75, 3.05) is 18.0 Å². The van der Waals surface area contributed by atoms with Crippen LogP contribution < -0.4 is 4.90 Å². The van der Waals surface area contributed by atoms with Gasteiger partial charge in [-0.3, -0.25) is 4.79 Å². The Morgan fingerprint density at radius 2 is 1.94 bits per heavy atom. The van der Waals surface area contributed by atoms with Crippen molar-refractivity contribution in [1.82, 2.24) is 0 Å². The first-order valence-corrected chi connectivity index (χ1v) is 5.91. The molecule has 0 unspecified atom stereocenters. The van der Waals surface area contributed by atoms with Gasteiger partial charge in [-0.05, 0) is 31.9 Å². The van der Waals surface area contributed by atoms with Gasteiger partial charge in [0.2, 0.25) is 0 Å². The Bertz CT molecular complexity index is 358. The predicted octanol–water partition coefficient (Wildman–Crippen LogP) is 3.37. The number of anilines is 1. The highest BCUT2D eigenvalue weighted by molar-refractivity contribution is 5.99. The standard InChI is InChI=1S/C14H21NO/c1-5-15(10-11(2)3)14-9-7-6-8-13(14)12(4)16/h6-9,11H,5,10H2,1-4H3. The summed E-state index contributed by atoms with van der Waals surface area (Å²) in [6.45, 7) is 10.1. The van der Waals surface area contributed by atoms with Gasteiger partial charge in [-0.15, -0.1) is 0 Å². The van der Waals surface area contributed by atoms with Gasteiger partial charge in [0, 0.05) is 24.3 Å². The van der Waals surface area contributed by atoms with E-state index in [-0.39, 0.29) is 5.78 Å². The summed E-state index contributed by atoms with van der Waals surface area (Å²) in [5.74, 6) is 0.734. The molecule has 0 N–H and O–H groups in total. The molecule has 0 fully saturated rings. The molecule has 1 rings (SSSR count). The van der Waals surface area contributed by atoms with Crippen LogP contribution in [0.15, 0.2) is 24.3 Å². The molecule has 0 spiro atoms. The topological polar surface area (TPSA) is 20.3 Å². The molecule has 0 saturated heterocycles. The van der Waals surface area contributed by atoms with Crippen LogP contribution in [-0.4, -0.2) is 18.9 Å². The van der Waals surface area contributed by atoms with Gasteiger partial charge in [0.15, 0.2) is 5.78 Å². The summed E-state index contributed by atoms with van der Waals surface area (Å²) in [4.78, 5) is 13.8. The number of rotatable bonds is 5. The zero-order chi connectivity index (χ0) is 12.1. The van der Waals surface area contributed by atoms with E-state index in [0.29, 0.717) is 5.92 Å². The lowest BCUT2D eigenvalue weighted by Gasteiger charge is -2.26. The maximum atomic E-state index is 11.5. The van der Waals surface area contributed by atoms with Crippen LogP contribution in [0.25, 0.3) is 0 Å². The fourth-order valence-corrected chi connectivity index (χ4v) is 1.89. The molecule has 2 nitrogen and oxygen atoms in total. The Labute approximate surface area is 98.3 Å². The van der Waals surface area contributed by atoms with E-state index in [1.165, 1.54) is 0 Å². The predicted molar refractivity (Wildman–Crippen MR) is 69.2 cm³/mol. The van der Waals surface area contributed by atoms with E-state index >= 15 is 0 Å². The highest BCUT2D eigenvalue weighted by Crippen LogP contribution is 2.21. The minimum absolute atomic E-state index is 0.137. The van der Waals surface area contributed by atoms with Gasteiger partial charge >= 0.3 is 0 Å². The molecular formula is C14H21NO. The number of carbonyl (C=O) groups is 1. The van der Waals surface area contributed by atoms with Crippen molar-refractivity contribution in [2.45, 2.75) is 27.7 Å². The Balaban J connectivity index is 3.04. The number of hydrogen-bond acceptors (Lipinski definition) is 2. The Hall–Kier alpha value is -1.31.